The van der Waals surface area contributed by atoms with E-state index >= 15 is 0 Å². The number of thioether (sulfide) groups is 1. The molecule has 1 saturated carbocycles. The second-order valence-corrected chi connectivity index (χ2v) is 9.09. The van der Waals surface area contributed by atoms with Gasteiger partial charge >= 0.3 is 0 Å². The van der Waals surface area contributed by atoms with Crippen LogP contribution in [0.2, 0.25) is 0 Å². The van der Waals surface area contributed by atoms with Gasteiger partial charge in [-0.15, -0.1) is 10.2 Å². The van der Waals surface area contributed by atoms with Crippen LogP contribution in [0.4, 0.5) is 5.95 Å². The summed E-state index contributed by atoms with van der Waals surface area (Å²) >= 11 is 1.50. The van der Waals surface area contributed by atoms with Crippen LogP contribution in [0.25, 0.3) is 5.69 Å². The molecule has 1 aliphatic heterocycles. The summed E-state index contributed by atoms with van der Waals surface area (Å²) in [6, 6.07) is 12.6. The van der Waals surface area contributed by atoms with Gasteiger partial charge in [0.05, 0.1) is 19.0 Å². The highest BCUT2D eigenvalue weighted by Gasteiger charge is 2.32. The largest absolute Gasteiger partial charge is 0.378 e. The monoisotopic (exact) mass is 437 g/mol. The smallest absolute Gasteiger partial charge is 0.228 e. The zero-order valence-electron chi connectivity index (χ0n) is 18.0. The summed E-state index contributed by atoms with van der Waals surface area (Å²) in [7, 11) is 0. The number of hydrogen-bond acceptors (Lipinski definition) is 6. The molecule has 0 spiro atoms. The van der Waals surface area contributed by atoms with Gasteiger partial charge in [0.1, 0.15) is 0 Å². The van der Waals surface area contributed by atoms with E-state index in [4.69, 9.17) is 4.74 Å². The number of carbonyl (C=O) groups excluding carboxylic acids is 1. The van der Waals surface area contributed by atoms with Gasteiger partial charge in [-0.25, -0.2) is 0 Å². The van der Waals surface area contributed by atoms with Crippen LogP contribution in [-0.2, 0) is 4.74 Å². The van der Waals surface area contributed by atoms with E-state index in [1.807, 2.05) is 38.1 Å². The zero-order valence-corrected chi connectivity index (χ0v) is 18.8. The van der Waals surface area contributed by atoms with Gasteiger partial charge in [0, 0.05) is 41.8 Å². The van der Waals surface area contributed by atoms with Crippen molar-refractivity contribution in [2.75, 3.05) is 37.0 Å². The molecule has 3 aromatic rings. The van der Waals surface area contributed by atoms with Gasteiger partial charge in [-0.1, -0.05) is 30.0 Å². The molecule has 2 aromatic heterocycles. The zero-order chi connectivity index (χ0) is 21.4. The first-order valence-corrected chi connectivity index (χ1v) is 11.8. The Morgan fingerprint density at radius 3 is 2.58 bits per heavy atom. The molecule has 31 heavy (non-hydrogen) atoms. The molecule has 0 bridgehead atoms. The number of anilines is 1. The lowest BCUT2D eigenvalue weighted by atomic mass is 10.2. The van der Waals surface area contributed by atoms with E-state index in [2.05, 4.69) is 36.4 Å². The maximum absolute atomic E-state index is 13.1. The highest BCUT2D eigenvalue weighted by Crippen LogP contribution is 2.41. The number of aryl methyl sites for hydroxylation is 1. The predicted molar refractivity (Wildman–Crippen MR) is 122 cm³/mol. The lowest BCUT2D eigenvalue weighted by Gasteiger charge is -2.27. The SMILES string of the molecule is Cc1cc(C(=O)CSc2nnc(N3CCOCC3)n2C2CC2)c(C)n1-c1ccccc1. The van der Waals surface area contributed by atoms with Crippen molar-refractivity contribution in [2.45, 2.75) is 37.9 Å². The van der Waals surface area contributed by atoms with Gasteiger partial charge in [0.15, 0.2) is 10.9 Å². The van der Waals surface area contributed by atoms with Crippen molar-refractivity contribution in [3.63, 3.8) is 0 Å². The molecule has 0 amide bonds. The molecule has 162 valence electrons. The third-order valence-corrected chi connectivity index (χ3v) is 6.87. The molecule has 3 heterocycles. The van der Waals surface area contributed by atoms with Crippen molar-refractivity contribution in [3.05, 3.63) is 53.3 Å². The fourth-order valence-corrected chi connectivity index (χ4v) is 5.11. The average molecular weight is 438 g/mol. The molecule has 1 aliphatic carbocycles. The summed E-state index contributed by atoms with van der Waals surface area (Å²) in [6.45, 7) is 7.16. The van der Waals surface area contributed by atoms with Gasteiger partial charge in [0.2, 0.25) is 5.95 Å². The van der Waals surface area contributed by atoms with E-state index in [1.54, 1.807) is 0 Å². The van der Waals surface area contributed by atoms with Crippen molar-refractivity contribution >= 4 is 23.5 Å². The second-order valence-electron chi connectivity index (χ2n) is 8.15. The fraction of sp³-hybridized carbons (Fsp3) is 0.435. The van der Waals surface area contributed by atoms with Crippen molar-refractivity contribution < 1.29 is 9.53 Å². The predicted octanol–water partition coefficient (Wildman–Crippen LogP) is 3.83. The van der Waals surface area contributed by atoms with Crippen molar-refractivity contribution in [1.29, 1.82) is 0 Å². The van der Waals surface area contributed by atoms with Crippen molar-refractivity contribution in [3.8, 4) is 5.69 Å². The van der Waals surface area contributed by atoms with Crippen LogP contribution >= 0.6 is 11.8 Å². The van der Waals surface area contributed by atoms with Gasteiger partial charge in [-0.2, -0.15) is 0 Å². The summed E-state index contributed by atoms with van der Waals surface area (Å²) in [5.74, 6) is 1.40. The van der Waals surface area contributed by atoms with Crippen LogP contribution in [0.15, 0.2) is 41.6 Å². The molecule has 5 rings (SSSR count). The Bertz CT molecular complexity index is 1080. The van der Waals surface area contributed by atoms with Crippen LogP contribution in [0.1, 0.15) is 40.6 Å². The number of hydrogen-bond donors (Lipinski definition) is 0. The number of Topliss-reactive ketones (excluding diaryl/α,β-unsaturated/α-hetero) is 1. The maximum atomic E-state index is 13.1. The number of ketones is 1. The first kappa shape index (κ1) is 20.3. The number of carbonyl (C=O) groups is 1. The molecule has 7 nitrogen and oxygen atoms in total. The molecular weight excluding hydrogens is 410 g/mol. The lowest BCUT2D eigenvalue weighted by Crippen LogP contribution is -2.38. The standard InChI is InChI=1S/C23H27N5O2S/c1-16-14-20(17(2)27(16)18-6-4-3-5-7-18)21(29)15-31-23-25-24-22(28(23)19-8-9-19)26-10-12-30-13-11-26/h3-7,14,19H,8-13,15H2,1-2H3. The van der Waals surface area contributed by atoms with E-state index in [0.717, 1.165) is 72.9 Å². The van der Waals surface area contributed by atoms with Crippen LogP contribution in [-0.4, -0.2) is 57.2 Å². The van der Waals surface area contributed by atoms with Gasteiger partial charge in [-0.05, 0) is 44.9 Å². The summed E-state index contributed by atoms with van der Waals surface area (Å²) in [5, 5.41) is 9.76. The molecule has 0 N–H and O–H groups in total. The molecular formula is C23H27N5O2S. The molecule has 2 aliphatic rings. The quantitative estimate of drug-likeness (QED) is 0.413. The van der Waals surface area contributed by atoms with Crippen molar-refractivity contribution in [2.24, 2.45) is 0 Å². The Morgan fingerprint density at radius 2 is 1.87 bits per heavy atom. The summed E-state index contributed by atoms with van der Waals surface area (Å²) in [4.78, 5) is 15.4. The minimum atomic E-state index is 0.124. The number of nitrogens with zero attached hydrogens (tertiary/aromatic N) is 5. The normalized spacial score (nSPS) is 16.6. The Morgan fingerprint density at radius 1 is 1.13 bits per heavy atom. The maximum Gasteiger partial charge on any atom is 0.228 e. The molecule has 8 heteroatoms. The average Bonchev–Trinajstić information content (AvgIpc) is 3.48. The third-order valence-electron chi connectivity index (χ3n) is 5.93. The van der Waals surface area contributed by atoms with E-state index in [0.29, 0.717) is 11.8 Å². The van der Waals surface area contributed by atoms with Gasteiger partial charge in [0.25, 0.3) is 0 Å². The minimum Gasteiger partial charge on any atom is -0.378 e. The minimum absolute atomic E-state index is 0.124. The number of para-hydroxylation sites is 1. The molecule has 0 unspecified atom stereocenters. The molecule has 0 radical (unpaired) electrons. The van der Waals surface area contributed by atoms with Crippen molar-refractivity contribution in [1.82, 2.24) is 19.3 Å². The fourth-order valence-electron chi connectivity index (χ4n) is 4.23. The molecule has 0 atom stereocenters. The van der Waals surface area contributed by atoms with E-state index < -0.39 is 0 Å². The molecule has 1 aromatic carbocycles. The highest BCUT2D eigenvalue weighted by atomic mass is 32.2. The summed E-state index contributed by atoms with van der Waals surface area (Å²) in [6.07, 6.45) is 2.30. The molecule has 1 saturated heterocycles. The van der Waals surface area contributed by atoms with Gasteiger partial charge in [-0.3, -0.25) is 9.36 Å². The Kier molecular flexibility index (Phi) is 5.58. The third kappa shape index (κ3) is 4.02. The number of morpholine rings is 1. The van der Waals surface area contributed by atoms with Crippen LogP contribution in [0, 0.1) is 13.8 Å². The Balaban J connectivity index is 1.34. The Hall–Kier alpha value is -2.58. The van der Waals surface area contributed by atoms with E-state index in [1.165, 1.54) is 11.8 Å². The number of benzene rings is 1. The number of aromatic nitrogens is 4. The summed E-state index contributed by atoms with van der Waals surface area (Å²) in [5.41, 5.74) is 3.90. The highest BCUT2D eigenvalue weighted by molar-refractivity contribution is 7.99. The van der Waals surface area contributed by atoms with E-state index in [9.17, 15) is 4.79 Å². The topological polar surface area (TPSA) is 65.2 Å². The Labute approximate surface area is 186 Å². The van der Waals surface area contributed by atoms with Crippen LogP contribution < -0.4 is 4.90 Å². The molecule has 2 fully saturated rings. The second kappa shape index (κ2) is 8.51. The van der Waals surface area contributed by atoms with E-state index in [-0.39, 0.29) is 5.78 Å². The van der Waals surface area contributed by atoms with Crippen LogP contribution in [0.3, 0.4) is 0 Å². The van der Waals surface area contributed by atoms with Gasteiger partial charge < -0.3 is 14.2 Å². The number of ether oxygens (including phenoxy) is 1. The summed E-state index contributed by atoms with van der Waals surface area (Å²) < 4.78 is 9.85. The lowest BCUT2D eigenvalue weighted by molar-refractivity contribution is 0.102. The first-order chi connectivity index (χ1) is 15.1. The first-order valence-electron chi connectivity index (χ1n) is 10.8. The number of rotatable bonds is 7. The van der Waals surface area contributed by atoms with Crippen LogP contribution in [0.5, 0.6) is 0 Å².